The third-order valence-electron chi connectivity index (χ3n) is 6.32. The van der Waals surface area contributed by atoms with Gasteiger partial charge in [0, 0.05) is 13.1 Å². The van der Waals surface area contributed by atoms with Gasteiger partial charge in [0.05, 0.1) is 17.2 Å². The van der Waals surface area contributed by atoms with Gasteiger partial charge in [-0.2, -0.15) is 0 Å². The topological polar surface area (TPSA) is 77.9 Å². The van der Waals surface area contributed by atoms with Crippen molar-refractivity contribution >= 4 is 17.9 Å². The number of fused-ring (bicyclic) bond motifs is 1. The predicted octanol–water partition coefficient (Wildman–Crippen LogP) is 3.09. The van der Waals surface area contributed by atoms with Gasteiger partial charge >= 0.3 is 6.09 Å². The van der Waals surface area contributed by atoms with Crippen LogP contribution in [0.25, 0.3) is 0 Å². The molecule has 0 radical (unpaired) electrons. The van der Waals surface area contributed by atoms with Gasteiger partial charge in [0.15, 0.2) is 0 Å². The predicted molar refractivity (Wildman–Crippen MR) is 94.9 cm³/mol. The summed E-state index contributed by atoms with van der Waals surface area (Å²) in [5, 5.41) is 9.65. The van der Waals surface area contributed by atoms with Crippen LogP contribution in [0.4, 0.5) is 4.79 Å². The Morgan fingerprint density at radius 3 is 2.19 bits per heavy atom. The number of nitrogens with zero attached hydrogens (tertiary/aromatic N) is 2. The molecule has 6 heteroatoms. The number of rotatable bonds is 2. The zero-order valence-electron chi connectivity index (χ0n) is 15.4. The molecule has 2 fully saturated rings. The molecule has 1 saturated carbocycles. The zero-order chi connectivity index (χ0) is 18.9. The van der Waals surface area contributed by atoms with E-state index in [4.69, 9.17) is 0 Å². The summed E-state index contributed by atoms with van der Waals surface area (Å²) in [6.07, 6.45) is 0.760. The Hall–Kier alpha value is -2.37. The molecular weight excluding hydrogens is 332 g/mol. The lowest BCUT2D eigenvalue weighted by molar-refractivity contribution is 0.0603. The van der Waals surface area contributed by atoms with Crippen LogP contribution < -0.4 is 0 Å². The van der Waals surface area contributed by atoms with Crippen molar-refractivity contribution in [3.05, 3.63) is 35.4 Å². The van der Waals surface area contributed by atoms with Crippen molar-refractivity contribution in [2.24, 2.45) is 16.7 Å². The number of amides is 3. The standard InChI is InChI=1S/C20H24N2O4/c1-19(2,3)15-9-20(15)8-12(22(11-20)18(25)26)10-21-16(23)13-6-4-5-7-14(13)17(21)24/h4-7,12,15H,8-11H2,1-3H3,(H,25,26). The summed E-state index contributed by atoms with van der Waals surface area (Å²) in [4.78, 5) is 39.7. The first-order valence-corrected chi connectivity index (χ1v) is 9.09. The summed E-state index contributed by atoms with van der Waals surface area (Å²) < 4.78 is 0. The Kier molecular flexibility index (Phi) is 3.49. The monoisotopic (exact) mass is 356 g/mol. The Labute approximate surface area is 152 Å². The van der Waals surface area contributed by atoms with Crippen LogP contribution in [0.3, 0.4) is 0 Å². The second-order valence-corrected chi connectivity index (χ2v) is 9.02. The van der Waals surface area contributed by atoms with E-state index in [0.29, 0.717) is 30.0 Å². The number of benzene rings is 1. The maximum atomic E-state index is 12.6. The molecule has 0 aromatic heterocycles. The second-order valence-electron chi connectivity index (χ2n) is 9.02. The molecule has 2 aliphatic heterocycles. The van der Waals surface area contributed by atoms with Crippen LogP contribution in [0.15, 0.2) is 24.3 Å². The maximum Gasteiger partial charge on any atom is 0.407 e. The molecule has 138 valence electrons. The van der Waals surface area contributed by atoms with E-state index < -0.39 is 6.09 Å². The third-order valence-corrected chi connectivity index (χ3v) is 6.32. The van der Waals surface area contributed by atoms with Crippen LogP contribution >= 0.6 is 0 Å². The molecule has 4 rings (SSSR count). The third kappa shape index (κ3) is 2.42. The van der Waals surface area contributed by atoms with Gasteiger partial charge in [-0.1, -0.05) is 32.9 Å². The fourth-order valence-corrected chi connectivity index (χ4v) is 5.09. The van der Waals surface area contributed by atoms with E-state index in [-0.39, 0.29) is 35.2 Å². The van der Waals surface area contributed by atoms with Crippen LogP contribution in [0.5, 0.6) is 0 Å². The molecule has 2 heterocycles. The Bertz CT molecular complexity index is 777. The molecule has 3 atom stereocenters. The van der Waals surface area contributed by atoms with Crippen molar-refractivity contribution in [3.63, 3.8) is 0 Å². The Morgan fingerprint density at radius 2 is 1.73 bits per heavy atom. The number of carboxylic acid groups (broad SMARTS) is 1. The van der Waals surface area contributed by atoms with Gasteiger partial charge in [-0.3, -0.25) is 14.5 Å². The minimum Gasteiger partial charge on any atom is -0.465 e. The van der Waals surface area contributed by atoms with Crippen molar-refractivity contribution in [2.75, 3.05) is 13.1 Å². The van der Waals surface area contributed by atoms with Crippen molar-refractivity contribution in [3.8, 4) is 0 Å². The van der Waals surface area contributed by atoms with E-state index in [9.17, 15) is 19.5 Å². The summed E-state index contributed by atoms with van der Waals surface area (Å²) in [6, 6.07) is 6.44. The summed E-state index contributed by atoms with van der Waals surface area (Å²) in [5.41, 5.74) is 0.950. The van der Waals surface area contributed by atoms with E-state index in [2.05, 4.69) is 20.8 Å². The zero-order valence-corrected chi connectivity index (χ0v) is 15.4. The molecule has 0 bridgehead atoms. The van der Waals surface area contributed by atoms with E-state index in [1.165, 1.54) is 9.80 Å². The highest BCUT2D eigenvalue weighted by atomic mass is 16.4. The van der Waals surface area contributed by atoms with Gasteiger partial charge in [-0.25, -0.2) is 4.79 Å². The fraction of sp³-hybridized carbons (Fsp3) is 0.550. The number of carbonyl (C=O) groups is 3. The number of carbonyl (C=O) groups excluding carboxylic acids is 2. The molecule has 1 saturated heterocycles. The highest BCUT2D eigenvalue weighted by Gasteiger charge is 2.64. The van der Waals surface area contributed by atoms with Crippen LogP contribution in [0, 0.1) is 16.7 Å². The molecule has 1 aromatic rings. The van der Waals surface area contributed by atoms with Gasteiger partial charge in [0.1, 0.15) is 0 Å². The van der Waals surface area contributed by atoms with Gasteiger partial charge in [0.25, 0.3) is 11.8 Å². The first kappa shape index (κ1) is 17.1. The summed E-state index contributed by atoms with van der Waals surface area (Å²) >= 11 is 0. The van der Waals surface area contributed by atoms with E-state index in [0.717, 1.165) is 6.42 Å². The highest BCUT2D eigenvalue weighted by Crippen LogP contribution is 2.66. The summed E-state index contributed by atoms with van der Waals surface area (Å²) in [6.45, 7) is 7.20. The van der Waals surface area contributed by atoms with Gasteiger partial charge < -0.3 is 10.0 Å². The molecule has 3 unspecified atom stereocenters. The van der Waals surface area contributed by atoms with Crippen molar-refractivity contribution in [1.29, 1.82) is 0 Å². The number of hydrogen-bond donors (Lipinski definition) is 1. The molecule has 3 aliphatic rings. The van der Waals surface area contributed by atoms with Crippen LogP contribution in [0.2, 0.25) is 0 Å². The minimum atomic E-state index is -0.969. The number of likely N-dealkylation sites (tertiary alicyclic amines) is 1. The Balaban J connectivity index is 1.56. The van der Waals surface area contributed by atoms with E-state index >= 15 is 0 Å². The molecule has 6 nitrogen and oxygen atoms in total. The van der Waals surface area contributed by atoms with Crippen molar-refractivity contribution < 1.29 is 19.5 Å². The van der Waals surface area contributed by atoms with Gasteiger partial charge in [-0.05, 0) is 41.7 Å². The molecule has 1 N–H and O–H groups in total. The second kappa shape index (κ2) is 5.32. The highest BCUT2D eigenvalue weighted by molar-refractivity contribution is 6.21. The Morgan fingerprint density at radius 1 is 1.15 bits per heavy atom. The maximum absolute atomic E-state index is 12.6. The van der Waals surface area contributed by atoms with Crippen LogP contribution in [0.1, 0.15) is 54.3 Å². The normalized spacial score (nSPS) is 30.3. The molecule has 26 heavy (non-hydrogen) atoms. The molecule has 3 amide bonds. The number of imide groups is 1. The largest absolute Gasteiger partial charge is 0.465 e. The lowest BCUT2D eigenvalue weighted by Crippen LogP contribution is -2.44. The molecule has 1 aliphatic carbocycles. The van der Waals surface area contributed by atoms with Gasteiger partial charge in [-0.15, -0.1) is 0 Å². The molecule has 1 aromatic carbocycles. The summed E-state index contributed by atoms with van der Waals surface area (Å²) in [5.74, 6) is -0.163. The number of hydrogen-bond acceptors (Lipinski definition) is 3. The molecular formula is C20H24N2O4. The lowest BCUT2D eigenvalue weighted by Gasteiger charge is -2.25. The van der Waals surface area contributed by atoms with E-state index in [1.54, 1.807) is 24.3 Å². The van der Waals surface area contributed by atoms with Crippen molar-refractivity contribution in [2.45, 2.75) is 39.7 Å². The van der Waals surface area contributed by atoms with Crippen molar-refractivity contribution in [1.82, 2.24) is 9.80 Å². The quantitative estimate of drug-likeness (QED) is 0.826. The van der Waals surface area contributed by atoms with Crippen LogP contribution in [-0.4, -0.2) is 51.9 Å². The lowest BCUT2D eigenvalue weighted by atomic mass is 9.83. The van der Waals surface area contributed by atoms with Gasteiger partial charge in [0.2, 0.25) is 0 Å². The SMILES string of the molecule is CC(C)(C)C1CC12CC(CN1C(=O)c3ccccc3C1=O)N(C(=O)O)C2. The van der Waals surface area contributed by atoms with Crippen LogP contribution in [-0.2, 0) is 0 Å². The first-order chi connectivity index (χ1) is 12.1. The fourth-order valence-electron chi connectivity index (χ4n) is 5.09. The first-order valence-electron chi connectivity index (χ1n) is 9.09. The summed E-state index contributed by atoms with van der Waals surface area (Å²) in [7, 11) is 0. The van der Waals surface area contributed by atoms with E-state index in [1.807, 2.05) is 0 Å². The molecule has 1 spiro atoms. The average Bonchev–Trinajstić information content (AvgIpc) is 3.09. The minimum absolute atomic E-state index is 0.0000224. The average molecular weight is 356 g/mol. The smallest absolute Gasteiger partial charge is 0.407 e.